The molecule has 0 saturated heterocycles. The predicted molar refractivity (Wildman–Crippen MR) is 45.4 cm³/mol. The molecular weight excluding hydrogens is 138 g/mol. The van der Waals surface area contributed by atoms with Gasteiger partial charge in [-0.05, 0) is 19.3 Å². The molecule has 3 heteroatoms. The van der Waals surface area contributed by atoms with Gasteiger partial charge in [-0.15, -0.1) is 0 Å². The van der Waals surface area contributed by atoms with Gasteiger partial charge >= 0.3 is 0 Å². The number of guanidine groups is 1. The molecule has 1 atom stereocenters. The third kappa shape index (κ3) is 1.47. The molecule has 0 spiro atoms. The van der Waals surface area contributed by atoms with Crippen LogP contribution in [0.5, 0.6) is 0 Å². The van der Waals surface area contributed by atoms with Crippen molar-refractivity contribution in [3.8, 4) is 0 Å². The van der Waals surface area contributed by atoms with Crippen LogP contribution in [0.15, 0.2) is 4.99 Å². The van der Waals surface area contributed by atoms with Gasteiger partial charge in [-0.3, -0.25) is 4.99 Å². The van der Waals surface area contributed by atoms with Crippen molar-refractivity contribution >= 4 is 5.96 Å². The standard InChI is InChI=1S/C8H15N3/c1-8(4-6-2-3-6)5-10-7(9)11-8/h6H,2-5H2,1H3,(H3,9,10,11). The summed E-state index contributed by atoms with van der Waals surface area (Å²) in [4.78, 5) is 4.15. The summed E-state index contributed by atoms with van der Waals surface area (Å²) in [6, 6.07) is 0. The third-order valence-corrected chi connectivity index (χ3v) is 2.46. The highest BCUT2D eigenvalue weighted by molar-refractivity contribution is 5.80. The quantitative estimate of drug-likeness (QED) is 0.605. The lowest BCUT2D eigenvalue weighted by Crippen LogP contribution is -2.45. The van der Waals surface area contributed by atoms with Crippen molar-refractivity contribution in [1.82, 2.24) is 5.32 Å². The molecule has 1 fully saturated rings. The highest BCUT2D eigenvalue weighted by atomic mass is 15.2. The smallest absolute Gasteiger partial charge is 0.189 e. The average Bonchev–Trinajstić information content (AvgIpc) is 2.62. The molecule has 0 aromatic rings. The molecule has 1 aliphatic heterocycles. The second-order valence-electron chi connectivity index (χ2n) is 4.03. The van der Waals surface area contributed by atoms with Gasteiger partial charge < -0.3 is 11.1 Å². The van der Waals surface area contributed by atoms with E-state index in [-0.39, 0.29) is 5.54 Å². The highest BCUT2D eigenvalue weighted by Gasteiger charge is 2.35. The van der Waals surface area contributed by atoms with Crippen LogP contribution in [-0.4, -0.2) is 18.0 Å². The van der Waals surface area contributed by atoms with Crippen LogP contribution in [0.1, 0.15) is 26.2 Å². The highest BCUT2D eigenvalue weighted by Crippen LogP contribution is 2.37. The summed E-state index contributed by atoms with van der Waals surface area (Å²) in [7, 11) is 0. The van der Waals surface area contributed by atoms with Crippen molar-refractivity contribution in [3.05, 3.63) is 0 Å². The van der Waals surface area contributed by atoms with Crippen LogP contribution < -0.4 is 11.1 Å². The Morgan fingerprint density at radius 2 is 2.45 bits per heavy atom. The first-order valence-corrected chi connectivity index (χ1v) is 4.26. The van der Waals surface area contributed by atoms with Gasteiger partial charge in [0.25, 0.3) is 0 Å². The van der Waals surface area contributed by atoms with E-state index >= 15 is 0 Å². The van der Waals surface area contributed by atoms with Crippen molar-refractivity contribution in [2.75, 3.05) is 6.54 Å². The van der Waals surface area contributed by atoms with Crippen LogP contribution in [0.3, 0.4) is 0 Å². The van der Waals surface area contributed by atoms with E-state index in [1.807, 2.05) is 0 Å². The SMILES string of the molecule is CC1(CC2CC2)CN=C(N)N1. The van der Waals surface area contributed by atoms with Gasteiger partial charge in [0.05, 0.1) is 12.1 Å². The van der Waals surface area contributed by atoms with Gasteiger partial charge in [0.15, 0.2) is 5.96 Å². The lowest BCUT2D eigenvalue weighted by molar-refractivity contribution is 0.397. The Morgan fingerprint density at radius 1 is 1.73 bits per heavy atom. The van der Waals surface area contributed by atoms with E-state index in [1.165, 1.54) is 19.3 Å². The van der Waals surface area contributed by atoms with Crippen molar-refractivity contribution in [1.29, 1.82) is 0 Å². The molecule has 1 aliphatic carbocycles. The molecule has 0 aromatic heterocycles. The van der Waals surface area contributed by atoms with Gasteiger partial charge in [-0.25, -0.2) is 0 Å². The minimum absolute atomic E-state index is 0.172. The number of hydrogen-bond acceptors (Lipinski definition) is 3. The van der Waals surface area contributed by atoms with Crippen molar-refractivity contribution in [3.63, 3.8) is 0 Å². The Bertz CT molecular complexity index is 196. The number of hydrogen-bond donors (Lipinski definition) is 2. The Morgan fingerprint density at radius 3 is 2.91 bits per heavy atom. The molecule has 0 aromatic carbocycles. The maximum atomic E-state index is 5.55. The van der Waals surface area contributed by atoms with Crippen molar-refractivity contribution in [2.24, 2.45) is 16.6 Å². The van der Waals surface area contributed by atoms with Crippen molar-refractivity contribution in [2.45, 2.75) is 31.7 Å². The van der Waals surface area contributed by atoms with Crippen LogP contribution in [0.4, 0.5) is 0 Å². The van der Waals surface area contributed by atoms with Gasteiger partial charge in [0.2, 0.25) is 0 Å². The minimum atomic E-state index is 0.172. The zero-order valence-corrected chi connectivity index (χ0v) is 6.93. The number of nitrogens with zero attached hydrogens (tertiary/aromatic N) is 1. The number of rotatable bonds is 2. The summed E-state index contributed by atoms with van der Waals surface area (Å²) >= 11 is 0. The van der Waals surface area contributed by atoms with Gasteiger partial charge in [-0.1, -0.05) is 12.8 Å². The Kier molecular flexibility index (Phi) is 1.34. The Labute approximate surface area is 67.1 Å². The number of nitrogens with one attached hydrogen (secondary N) is 1. The van der Waals surface area contributed by atoms with Crippen LogP contribution in [0, 0.1) is 5.92 Å². The number of aliphatic imine (C=N–C) groups is 1. The van der Waals surface area contributed by atoms with E-state index in [0.717, 1.165) is 12.5 Å². The van der Waals surface area contributed by atoms with E-state index in [0.29, 0.717) is 5.96 Å². The molecule has 1 unspecified atom stereocenters. The Hall–Kier alpha value is -0.730. The first-order valence-electron chi connectivity index (χ1n) is 4.26. The molecule has 3 N–H and O–H groups in total. The van der Waals surface area contributed by atoms with Gasteiger partial charge in [-0.2, -0.15) is 0 Å². The number of nitrogens with two attached hydrogens (primary N) is 1. The predicted octanol–water partition coefficient (Wildman–Crippen LogP) is 0.463. The second kappa shape index (κ2) is 2.13. The average molecular weight is 153 g/mol. The topological polar surface area (TPSA) is 50.4 Å². The van der Waals surface area contributed by atoms with Crippen LogP contribution in [0.25, 0.3) is 0 Å². The third-order valence-electron chi connectivity index (χ3n) is 2.46. The van der Waals surface area contributed by atoms with Crippen molar-refractivity contribution < 1.29 is 0 Å². The second-order valence-corrected chi connectivity index (χ2v) is 4.03. The molecule has 1 saturated carbocycles. The fourth-order valence-electron chi connectivity index (χ4n) is 1.72. The lowest BCUT2D eigenvalue weighted by atomic mass is 9.96. The van der Waals surface area contributed by atoms with Gasteiger partial charge in [0.1, 0.15) is 0 Å². The fraction of sp³-hybridized carbons (Fsp3) is 0.875. The molecule has 0 amide bonds. The summed E-state index contributed by atoms with van der Waals surface area (Å²) in [5, 5.41) is 3.23. The molecule has 11 heavy (non-hydrogen) atoms. The molecule has 3 nitrogen and oxygen atoms in total. The summed E-state index contributed by atoms with van der Waals surface area (Å²) in [5.74, 6) is 1.56. The van der Waals surface area contributed by atoms with E-state index in [1.54, 1.807) is 0 Å². The lowest BCUT2D eigenvalue weighted by Gasteiger charge is -2.23. The van der Waals surface area contributed by atoms with E-state index in [2.05, 4.69) is 17.2 Å². The van der Waals surface area contributed by atoms with E-state index in [4.69, 9.17) is 5.73 Å². The molecule has 0 radical (unpaired) electrons. The minimum Gasteiger partial charge on any atom is -0.370 e. The van der Waals surface area contributed by atoms with E-state index < -0.39 is 0 Å². The normalized spacial score (nSPS) is 36.6. The molecule has 2 aliphatic rings. The largest absolute Gasteiger partial charge is 0.370 e. The summed E-state index contributed by atoms with van der Waals surface area (Å²) in [6.45, 7) is 3.06. The maximum absolute atomic E-state index is 5.55. The van der Waals surface area contributed by atoms with E-state index in [9.17, 15) is 0 Å². The first-order chi connectivity index (χ1) is 5.18. The zero-order chi connectivity index (χ0) is 7.90. The summed E-state index contributed by atoms with van der Waals surface area (Å²) in [6.07, 6.45) is 4.03. The monoisotopic (exact) mass is 153 g/mol. The van der Waals surface area contributed by atoms with Crippen LogP contribution >= 0.6 is 0 Å². The first kappa shape index (κ1) is 6.95. The molecular formula is C8H15N3. The fourth-order valence-corrected chi connectivity index (χ4v) is 1.72. The Balaban J connectivity index is 1.90. The van der Waals surface area contributed by atoms with Crippen LogP contribution in [-0.2, 0) is 0 Å². The van der Waals surface area contributed by atoms with Crippen LogP contribution in [0.2, 0.25) is 0 Å². The molecule has 62 valence electrons. The molecule has 0 bridgehead atoms. The molecule has 1 heterocycles. The molecule has 2 rings (SSSR count). The maximum Gasteiger partial charge on any atom is 0.189 e. The van der Waals surface area contributed by atoms with Gasteiger partial charge in [0, 0.05) is 0 Å². The summed E-state index contributed by atoms with van der Waals surface area (Å²) in [5.41, 5.74) is 5.72. The summed E-state index contributed by atoms with van der Waals surface area (Å²) < 4.78 is 0. The zero-order valence-electron chi connectivity index (χ0n) is 6.93.